The first-order valence-electron chi connectivity index (χ1n) is 9.68. The van der Waals surface area contributed by atoms with E-state index in [9.17, 15) is 4.79 Å². The number of likely N-dealkylation sites (N-methyl/N-ethyl adjacent to an activating group) is 1. The molecular weight excluding hydrogens is 398 g/mol. The topological polar surface area (TPSA) is 63.7 Å². The van der Waals surface area contributed by atoms with E-state index >= 15 is 0 Å². The van der Waals surface area contributed by atoms with E-state index < -0.39 is 0 Å². The summed E-state index contributed by atoms with van der Waals surface area (Å²) < 4.78 is 11.1. The van der Waals surface area contributed by atoms with Crippen LogP contribution in [0.2, 0.25) is 0 Å². The lowest BCUT2D eigenvalue weighted by atomic mass is 10.1. The summed E-state index contributed by atoms with van der Waals surface area (Å²) in [6.07, 6.45) is 0. The molecule has 7 heteroatoms. The zero-order valence-corrected chi connectivity index (χ0v) is 18.5. The molecule has 1 N–H and O–H groups in total. The van der Waals surface area contributed by atoms with E-state index in [0.29, 0.717) is 24.5 Å². The van der Waals surface area contributed by atoms with Crippen molar-refractivity contribution in [3.8, 4) is 11.5 Å². The van der Waals surface area contributed by atoms with Gasteiger partial charge in [0.15, 0.2) is 0 Å². The lowest BCUT2D eigenvalue weighted by molar-refractivity contribution is 0.0942. The average molecular weight is 426 g/mol. The predicted octanol–water partition coefficient (Wildman–Crippen LogP) is 4.07. The van der Waals surface area contributed by atoms with Crippen molar-refractivity contribution in [3.63, 3.8) is 0 Å². The maximum atomic E-state index is 12.6. The van der Waals surface area contributed by atoms with Crippen LogP contribution < -0.4 is 14.8 Å². The van der Waals surface area contributed by atoms with Crippen LogP contribution in [0.5, 0.6) is 11.5 Å². The van der Waals surface area contributed by atoms with Crippen LogP contribution in [-0.2, 0) is 6.61 Å². The fourth-order valence-corrected chi connectivity index (χ4v) is 3.67. The van der Waals surface area contributed by atoms with Crippen molar-refractivity contribution in [3.05, 3.63) is 75.7 Å². The van der Waals surface area contributed by atoms with Crippen molar-refractivity contribution in [2.45, 2.75) is 19.6 Å². The zero-order chi connectivity index (χ0) is 21.5. The smallest absolute Gasteiger partial charge is 0.251 e. The first-order valence-corrected chi connectivity index (χ1v) is 10.6. The molecule has 1 aromatic heterocycles. The summed E-state index contributed by atoms with van der Waals surface area (Å²) in [7, 11) is 5.63. The summed E-state index contributed by atoms with van der Waals surface area (Å²) in [6, 6.07) is 15.1. The van der Waals surface area contributed by atoms with Gasteiger partial charge >= 0.3 is 0 Å². The Morgan fingerprint density at radius 1 is 1.17 bits per heavy atom. The average Bonchev–Trinajstić information content (AvgIpc) is 3.17. The Morgan fingerprint density at radius 2 is 1.93 bits per heavy atom. The number of aryl methyl sites for hydroxylation is 1. The van der Waals surface area contributed by atoms with Crippen LogP contribution in [-0.4, -0.2) is 43.5 Å². The number of nitrogens with one attached hydrogen (secondary N) is 1. The number of hydrogen-bond donors (Lipinski definition) is 1. The van der Waals surface area contributed by atoms with Crippen molar-refractivity contribution in [2.24, 2.45) is 0 Å². The molecule has 0 fully saturated rings. The lowest BCUT2D eigenvalue weighted by Gasteiger charge is -2.25. The normalized spacial score (nSPS) is 11.9. The molecule has 30 heavy (non-hydrogen) atoms. The summed E-state index contributed by atoms with van der Waals surface area (Å²) in [6.45, 7) is 2.87. The molecule has 0 bridgehead atoms. The van der Waals surface area contributed by atoms with E-state index in [1.807, 2.05) is 50.7 Å². The summed E-state index contributed by atoms with van der Waals surface area (Å²) in [5, 5.41) is 6.03. The molecule has 0 aliphatic carbocycles. The van der Waals surface area contributed by atoms with Crippen LogP contribution in [0.15, 0.2) is 53.9 Å². The highest BCUT2D eigenvalue weighted by Crippen LogP contribution is 2.22. The van der Waals surface area contributed by atoms with Gasteiger partial charge in [-0.25, -0.2) is 4.98 Å². The Bertz CT molecular complexity index is 970. The van der Waals surface area contributed by atoms with Gasteiger partial charge < -0.3 is 19.7 Å². The largest absolute Gasteiger partial charge is 0.497 e. The number of benzene rings is 2. The Kier molecular flexibility index (Phi) is 7.43. The van der Waals surface area contributed by atoms with E-state index in [1.54, 1.807) is 42.7 Å². The van der Waals surface area contributed by atoms with Gasteiger partial charge in [0.2, 0.25) is 0 Å². The molecule has 0 aliphatic rings. The quantitative estimate of drug-likeness (QED) is 0.560. The molecule has 0 radical (unpaired) electrons. The number of hydrogen-bond acceptors (Lipinski definition) is 6. The van der Waals surface area contributed by atoms with Crippen molar-refractivity contribution < 1.29 is 14.3 Å². The lowest BCUT2D eigenvalue weighted by Crippen LogP contribution is -2.34. The van der Waals surface area contributed by atoms with E-state index in [0.717, 1.165) is 22.0 Å². The van der Waals surface area contributed by atoms with Crippen molar-refractivity contribution in [1.29, 1.82) is 0 Å². The molecule has 0 spiro atoms. The summed E-state index contributed by atoms with van der Waals surface area (Å²) in [5.74, 6) is 1.39. The molecule has 0 aliphatic heterocycles. The monoisotopic (exact) mass is 425 g/mol. The Labute approximate surface area is 181 Å². The maximum absolute atomic E-state index is 12.6. The molecule has 1 atom stereocenters. The Hall–Kier alpha value is -2.90. The van der Waals surface area contributed by atoms with Crippen molar-refractivity contribution in [1.82, 2.24) is 15.2 Å². The van der Waals surface area contributed by atoms with Gasteiger partial charge in [0.05, 0.1) is 23.9 Å². The van der Waals surface area contributed by atoms with Gasteiger partial charge in [0.1, 0.15) is 18.1 Å². The fraction of sp³-hybridized carbons (Fsp3) is 0.304. The molecule has 1 amide bonds. The molecule has 0 saturated carbocycles. The second-order valence-corrected chi connectivity index (χ2v) is 8.20. The molecule has 3 rings (SSSR count). The van der Waals surface area contributed by atoms with E-state index in [2.05, 4.69) is 15.2 Å². The molecule has 3 aromatic rings. The molecule has 1 unspecified atom stereocenters. The summed E-state index contributed by atoms with van der Waals surface area (Å²) in [5.41, 5.74) is 2.59. The predicted molar refractivity (Wildman–Crippen MR) is 119 cm³/mol. The van der Waals surface area contributed by atoms with Gasteiger partial charge in [-0.3, -0.25) is 4.79 Å². The minimum Gasteiger partial charge on any atom is -0.497 e. The van der Waals surface area contributed by atoms with Gasteiger partial charge in [-0.2, -0.15) is 0 Å². The van der Waals surface area contributed by atoms with Crippen LogP contribution in [0.3, 0.4) is 0 Å². The van der Waals surface area contributed by atoms with Gasteiger partial charge in [0.25, 0.3) is 5.91 Å². The highest BCUT2D eigenvalue weighted by Gasteiger charge is 2.16. The first kappa shape index (κ1) is 21.8. The maximum Gasteiger partial charge on any atom is 0.251 e. The molecule has 6 nitrogen and oxygen atoms in total. The number of carbonyl (C=O) groups excluding carboxylic acids is 1. The van der Waals surface area contributed by atoms with Gasteiger partial charge in [-0.15, -0.1) is 11.3 Å². The van der Waals surface area contributed by atoms with Crippen LogP contribution >= 0.6 is 11.3 Å². The highest BCUT2D eigenvalue weighted by molar-refractivity contribution is 7.09. The number of rotatable bonds is 9. The van der Waals surface area contributed by atoms with Gasteiger partial charge in [-0.1, -0.05) is 12.1 Å². The number of methoxy groups -OCH3 is 1. The van der Waals surface area contributed by atoms with Crippen LogP contribution in [0, 0.1) is 6.92 Å². The Morgan fingerprint density at radius 3 is 2.57 bits per heavy atom. The molecule has 1 heterocycles. The number of aromatic nitrogens is 1. The summed E-state index contributed by atoms with van der Waals surface area (Å²) in [4.78, 5) is 19.1. The second-order valence-electron chi connectivity index (χ2n) is 7.14. The van der Waals surface area contributed by atoms with Gasteiger partial charge in [0, 0.05) is 17.5 Å². The third-order valence-electron chi connectivity index (χ3n) is 4.73. The number of amides is 1. The van der Waals surface area contributed by atoms with Crippen LogP contribution in [0.4, 0.5) is 0 Å². The molecular formula is C23H27N3O3S. The minimum absolute atomic E-state index is 0.0354. The van der Waals surface area contributed by atoms with E-state index in [1.165, 1.54) is 0 Å². The SMILES string of the molecule is COc1cccc(C(CNC(=O)c2ccc(OCc3csc(C)n3)cc2)N(C)C)c1. The molecule has 0 saturated heterocycles. The number of nitrogens with zero attached hydrogens (tertiary/aromatic N) is 2. The van der Waals surface area contributed by atoms with E-state index in [-0.39, 0.29) is 11.9 Å². The Balaban J connectivity index is 1.57. The van der Waals surface area contributed by atoms with E-state index in [4.69, 9.17) is 9.47 Å². The number of carbonyl (C=O) groups is 1. The minimum atomic E-state index is -0.119. The molecule has 158 valence electrons. The number of thiazole rings is 1. The van der Waals surface area contributed by atoms with Gasteiger partial charge in [-0.05, 0) is 63.0 Å². The fourth-order valence-electron chi connectivity index (χ4n) is 3.07. The highest BCUT2D eigenvalue weighted by atomic mass is 32.1. The standard InChI is InChI=1S/C23H27N3O3S/c1-16-25-19(15-30-16)14-29-20-10-8-17(9-11-20)23(27)24-13-22(26(2)3)18-6-5-7-21(12-18)28-4/h5-12,15,22H,13-14H2,1-4H3,(H,24,27). The summed E-state index contributed by atoms with van der Waals surface area (Å²) >= 11 is 1.60. The second kappa shape index (κ2) is 10.2. The molecule has 2 aromatic carbocycles. The third kappa shape index (κ3) is 5.81. The third-order valence-corrected chi connectivity index (χ3v) is 5.55. The van der Waals surface area contributed by atoms with Crippen molar-refractivity contribution in [2.75, 3.05) is 27.7 Å². The number of ether oxygens (including phenoxy) is 2. The van der Waals surface area contributed by atoms with Crippen molar-refractivity contribution >= 4 is 17.2 Å². The zero-order valence-electron chi connectivity index (χ0n) is 17.7. The van der Waals surface area contributed by atoms with Crippen LogP contribution in [0.1, 0.15) is 32.7 Å². The first-order chi connectivity index (χ1) is 14.5. The van der Waals surface area contributed by atoms with Crippen LogP contribution in [0.25, 0.3) is 0 Å².